The Morgan fingerprint density at radius 2 is 1.55 bits per heavy atom. The summed E-state index contributed by atoms with van der Waals surface area (Å²) in [4.78, 5) is 22.3. The fraction of sp³-hybridized carbons (Fsp3) is 0.857. The number of ether oxygens (including phenoxy) is 2. The van der Waals surface area contributed by atoms with Crippen LogP contribution in [0.5, 0.6) is 0 Å². The Labute approximate surface area is 120 Å². The van der Waals surface area contributed by atoms with E-state index < -0.39 is 12.2 Å². The fourth-order valence-electron chi connectivity index (χ4n) is 1.53. The molecule has 0 N–H and O–H groups in total. The zero-order valence-electron chi connectivity index (χ0n) is 12.8. The SMILES string of the molecule is CCCCOC(=O)N=NC(=O)OCC(CC)CCCC. The van der Waals surface area contributed by atoms with E-state index in [0.29, 0.717) is 19.1 Å². The monoisotopic (exact) mass is 286 g/mol. The third kappa shape index (κ3) is 10.5. The number of hydrogen-bond donors (Lipinski definition) is 0. The van der Waals surface area contributed by atoms with Gasteiger partial charge in [-0.1, -0.05) is 56.7 Å². The smallest absolute Gasteiger partial charge is 0.447 e. The second-order valence-electron chi connectivity index (χ2n) is 4.66. The highest BCUT2D eigenvalue weighted by Crippen LogP contribution is 2.13. The molecule has 0 aliphatic heterocycles. The summed E-state index contributed by atoms with van der Waals surface area (Å²) >= 11 is 0. The molecule has 0 aromatic rings. The van der Waals surface area contributed by atoms with Gasteiger partial charge in [-0.2, -0.15) is 0 Å². The molecule has 0 saturated carbocycles. The van der Waals surface area contributed by atoms with Crippen LogP contribution >= 0.6 is 0 Å². The predicted octanol–water partition coefficient (Wildman–Crippen LogP) is 4.73. The molecule has 0 aromatic carbocycles. The van der Waals surface area contributed by atoms with E-state index in [-0.39, 0.29) is 0 Å². The van der Waals surface area contributed by atoms with Crippen LogP contribution in [0.2, 0.25) is 0 Å². The van der Waals surface area contributed by atoms with Crippen LogP contribution in [0, 0.1) is 5.92 Å². The van der Waals surface area contributed by atoms with Gasteiger partial charge in [0.2, 0.25) is 0 Å². The molecule has 0 aliphatic carbocycles. The fourth-order valence-corrected chi connectivity index (χ4v) is 1.53. The van der Waals surface area contributed by atoms with Crippen LogP contribution in [0.1, 0.15) is 59.3 Å². The molecule has 1 atom stereocenters. The van der Waals surface area contributed by atoms with Crippen LogP contribution in [-0.4, -0.2) is 25.4 Å². The Hall–Kier alpha value is -1.46. The van der Waals surface area contributed by atoms with Gasteiger partial charge in [0.1, 0.15) is 0 Å². The van der Waals surface area contributed by atoms with Gasteiger partial charge in [0.25, 0.3) is 0 Å². The largest absolute Gasteiger partial charge is 0.452 e. The van der Waals surface area contributed by atoms with E-state index in [1.807, 2.05) is 6.92 Å². The van der Waals surface area contributed by atoms with Gasteiger partial charge in [-0.25, -0.2) is 9.59 Å². The van der Waals surface area contributed by atoms with E-state index in [1.54, 1.807) is 0 Å². The van der Waals surface area contributed by atoms with Gasteiger partial charge in [0.05, 0.1) is 13.2 Å². The molecule has 20 heavy (non-hydrogen) atoms. The van der Waals surface area contributed by atoms with Crippen molar-refractivity contribution in [2.45, 2.75) is 59.3 Å². The normalized spacial score (nSPS) is 12.3. The molecule has 6 nitrogen and oxygen atoms in total. The van der Waals surface area contributed by atoms with Crippen LogP contribution in [0.25, 0.3) is 0 Å². The lowest BCUT2D eigenvalue weighted by Gasteiger charge is -2.12. The first-order valence-corrected chi connectivity index (χ1v) is 7.39. The molecule has 0 radical (unpaired) electrons. The zero-order chi connectivity index (χ0) is 15.2. The topological polar surface area (TPSA) is 77.3 Å². The molecule has 0 rings (SSSR count). The van der Waals surface area contributed by atoms with E-state index in [4.69, 9.17) is 9.47 Å². The highest BCUT2D eigenvalue weighted by molar-refractivity contribution is 5.73. The zero-order valence-corrected chi connectivity index (χ0v) is 12.8. The van der Waals surface area contributed by atoms with Gasteiger partial charge < -0.3 is 9.47 Å². The third-order valence-electron chi connectivity index (χ3n) is 2.92. The van der Waals surface area contributed by atoms with Crippen LogP contribution in [0.4, 0.5) is 9.59 Å². The molecule has 1 unspecified atom stereocenters. The molecule has 0 aliphatic rings. The average Bonchev–Trinajstić information content (AvgIpc) is 2.45. The molecule has 0 fully saturated rings. The van der Waals surface area contributed by atoms with Crippen molar-refractivity contribution in [1.29, 1.82) is 0 Å². The van der Waals surface area contributed by atoms with E-state index in [2.05, 4.69) is 24.1 Å². The second-order valence-corrected chi connectivity index (χ2v) is 4.66. The summed E-state index contributed by atoms with van der Waals surface area (Å²) < 4.78 is 9.69. The number of amides is 2. The Kier molecular flexibility index (Phi) is 11.7. The standard InChI is InChI=1S/C14H26N2O4/c1-4-7-9-12(6-3)11-20-14(18)16-15-13(17)19-10-8-5-2/h12H,4-11H2,1-3H3. The summed E-state index contributed by atoms with van der Waals surface area (Å²) in [5, 5.41) is 6.33. The molecule has 6 heteroatoms. The Bertz CT molecular complexity index is 306. The van der Waals surface area contributed by atoms with E-state index in [0.717, 1.165) is 38.5 Å². The quantitative estimate of drug-likeness (QED) is 0.453. The number of unbranched alkanes of at least 4 members (excludes halogenated alkanes) is 2. The summed E-state index contributed by atoms with van der Waals surface area (Å²) in [7, 11) is 0. The summed E-state index contributed by atoms with van der Waals surface area (Å²) in [6.45, 7) is 6.77. The number of rotatable bonds is 9. The Morgan fingerprint density at radius 1 is 0.950 bits per heavy atom. The van der Waals surface area contributed by atoms with Crippen LogP contribution in [0.3, 0.4) is 0 Å². The van der Waals surface area contributed by atoms with Crippen molar-refractivity contribution in [2.75, 3.05) is 13.2 Å². The van der Waals surface area contributed by atoms with E-state index in [1.165, 1.54) is 0 Å². The van der Waals surface area contributed by atoms with Gasteiger partial charge in [-0.15, -0.1) is 0 Å². The van der Waals surface area contributed by atoms with Crippen molar-refractivity contribution in [1.82, 2.24) is 0 Å². The summed E-state index contributed by atoms with van der Waals surface area (Å²) in [5.41, 5.74) is 0. The first-order chi connectivity index (χ1) is 9.63. The number of nitrogens with zero attached hydrogens (tertiary/aromatic N) is 2. The molecule has 116 valence electrons. The van der Waals surface area contributed by atoms with Gasteiger partial charge >= 0.3 is 12.2 Å². The molecular weight excluding hydrogens is 260 g/mol. The maximum absolute atomic E-state index is 11.3. The molecule has 0 aromatic heterocycles. The molecule has 0 saturated heterocycles. The average molecular weight is 286 g/mol. The Balaban J connectivity index is 3.87. The molecule has 0 bridgehead atoms. The van der Waals surface area contributed by atoms with Gasteiger partial charge in [-0.3, -0.25) is 0 Å². The minimum atomic E-state index is -0.853. The maximum Gasteiger partial charge on any atom is 0.452 e. The van der Waals surface area contributed by atoms with Crippen molar-refractivity contribution >= 4 is 12.2 Å². The number of hydrogen-bond acceptors (Lipinski definition) is 4. The minimum Gasteiger partial charge on any atom is -0.447 e. The minimum absolute atomic E-state index is 0.290. The predicted molar refractivity (Wildman–Crippen MR) is 75.8 cm³/mol. The van der Waals surface area contributed by atoms with E-state index >= 15 is 0 Å². The number of azo groups is 1. The number of carbonyl (C=O) groups is 2. The highest BCUT2D eigenvalue weighted by atomic mass is 16.6. The molecular formula is C14H26N2O4. The second kappa shape index (κ2) is 12.6. The van der Waals surface area contributed by atoms with Crippen molar-refractivity contribution in [2.24, 2.45) is 16.1 Å². The molecule has 0 spiro atoms. The van der Waals surface area contributed by atoms with Crippen molar-refractivity contribution in [3.8, 4) is 0 Å². The van der Waals surface area contributed by atoms with Crippen molar-refractivity contribution < 1.29 is 19.1 Å². The van der Waals surface area contributed by atoms with Gasteiger partial charge in [0.15, 0.2) is 0 Å². The molecule has 2 amide bonds. The lowest BCUT2D eigenvalue weighted by atomic mass is 10.0. The lowest BCUT2D eigenvalue weighted by molar-refractivity contribution is 0.128. The van der Waals surface area contributed by atoms with Crippen molar-refractivity contribution in [3.63, 3.8) is 0 Å². The van der Waals surface area contributed by atoms with Crippen LogP contribution in [-0.2, 0) is 9.47 Å². The van der Waals surface area contributed by atoms with Gasteiger partial charge in [-0.05, 0) is 18.8 Å². The summed E-state index contributed by atoms with van der Waals surface area (Å²) in [5.74, 6) is 0.339. The first-order valence-electron chi connectivity index (χ1n) is 7.39. The van der Waals surface area contributed by atoms with Crippen LogP contribution in [0.15, 0.2) is 10.2 Å². The molecule has 0 heterocycles. The maximum atomic E-state index is 11.3. The number of carbonyl (C=O) groups excluding carboxylic acids is 2. The van der Waals surface area contributed by atoms with E-state index in [9.17, 15) is 9.59 Å². The van der Waals surface area contributed by atoms with Crippen molar-refractivity contribution in [3.05, 3.63) is 0 Å². The summed E-state index contributed by atoms with van der Waals surface area (Å²) in [6.07, 6.45) is 4.19. The highest BCUT2D eigenvalue weighted by Gasteiger charge is 2.10. The first kappa shape index (κ1) is 18.5. The lowest BCUT2D eigenvalue weighted by Crippen LogP contribution is -2.11. The van der Waals surface area contributed by atoms with Crippen LogP contribution < -0.4 is 0 Å². The van der Waals surface area contributed by atoms with Gasteiger partial charge in [0, 0.05) is 0 Å². The third-order valence-corrected chi connectivity index (χ3v) is 2.92. The Morgan fingerprint density at radius 3 is 2.10 bits per heavy atom. The summed E-state index contributed by atoms with van der Waals surface area (Å²) in [6, 6.07) is 0.